The molecule has 1 aromatic heterocycles. The number of hydrogen-bond acceptors (Lipinski definition) is 5. The van der Waals surface area contributed by atoms with Crippen LogP contribution in [-0.2, 0) is 32.2 Å². The van der Waals surface area contributed by atoms with Crippen LogP contribution >= 0.6 is 46.4 Å². The van der Waals surface area contributed by atoms with Gasteiger partial charge in [-0.1, -0.05) is 117 Å². The van der Waals surface area contributed by atoms with Gasteiger partial charge >= 0.3 is 11.5 Å². The van der Waals surface area contributed by atoms with E-state index in [9.17, 15) is 9.90 Å². The maximum Gasteiger partial charge on any atom is 0.361 e. The van der Waals surface area contributed by atoms with Crippen molar-refractivity contribution in [3.05, 3.63) is 186 Å². The number of carbonyl (C=O) groups excluding carboxylic acids is 1. The fraction of sp³-hybridized carbons (Fsp3) is 0.231. The van der Waals surface area contributed by atoms with Gasteiger partial charge in [0.2, 0.25) is 5.78 Å². The summed E-state index contributed by atoms with van der Waals surface area (Å²) in [4.78, 5) is 14.0. The topological polar surface area (TPSA) is 76.3 Å². The molecule has 7 rings (SSSR count). The highest BCUT2D eigenvalue weighted by atomic mass is 35.5. The van der Waals surface area contributed by atoms with Gasteiger partial charge in [0, 0.05) is 24.3 Å². The number of benzene rings is 4. The van der Waals surface area contributed by atoms with Gasteiger partial charge < -0.3 is 19.3 Å². The molecule has 4 aromatic carbocycles. The number of rotatable bonds is 16. The van der Waals surface area contributed by atoms with Crippen molar-refractivity contribution in [1.29, 1.82) is 0 Å². The van der Waals surface area contributed by atoms with E-state index in [1.165, 1.54) is 0 Å². The SMILES string of the molecule is CC(C)CCOCc1ccccc1C1=CC(=CC2=C(O)C(=Cc3cc(-c4ccc(Cl)c(Cl)c4)[o+]c(-c4ccccc4COCCC(C)C)c3)C2=O)C=C(c2ccc(Cl)c(Cl)c2)O1. The fourth-order valence-electron chi connectivity index (χ4n) is 6.88. The van der Waals surface area contributed by atoms with Crippen molar-refractivity contribution in [2.45, 2.75) is 53.8 Å². The van der Waals surface area contributed by atoms with Crippen LogP contribution in [0.5, 0.6) is 0 Å². The number of carbonyl (C=O) groups is 1. The summed E-state index contributed by atoms with van der Waals surface area (Å²) in [6.45, 7) is 10.7. The van der Waals surface area contributed by atoms with E-state index in [1.54, 1.807) is 48.6 Å². The number of ether oxygens (including phenoxy) is 3. The van der Waals surface area contributed by atoms with Gasteiger partial charge in [-0.05, 0) is 114 Å². The molecule has 0 saturated carbocycles. The second-order valence-electron chi connectivity index (χ2n) is 16.1. The largest absolute Gasteiger partial charge is 0.506 e. The summed E-state index contributed by atoms with van der Waals surface area (Å²) >= 11 is 25.4. The Kier molecular flexibility index (Phi) is 14.9. The summed E-state index contributed by atoms with van der Waals surface area (Å²) in [7, 11) is 0. The number of halogens is 4. The first-order valence-corrected chi connectivity index (χ1v) is 22.1. The van der Waals surface area contributed by atoms with Crippen molar-refractivity contribution < 1.29 is 28.5 Å². The molecule has 0 amide bonds. The predicted molar refractivity (Wildman–Crippen MR) is 253 cm³/mol. The lowest BCUT2D eigenvalue weighted by Crippen LogP contribution is -2.21. The number of Topliss-reactive ketones (excluding diaryl/α,β-unsaturated/α-hetero) is 1. The number of allylic oxidation sites excluding steroid dienone is 6. The number of aliphatic hydroxyl groups is 1. The second kappa shape index (κ2) is 20.5. The predicted octanol–water partition coefficient (Wildman–Crippen LogP) is 15.5. The molecule has 0 atom stereocenters. The lowest BCUT2D eigenvalue weighted by atomic mass is 9.85. The summed E-state index contributed by atoms with van der Waals surface area (Å²) in [6.07, 6.45) is 8.88. The van der Waals surface area contributed by atoms with E-state index in [0.29, 0.717) is 104 Å². The zero-order chi connectivity index (χ0) is 43.9. The monoisotopic (exact) mass is 907 g/mol. The summed E-state index contributed by atoms with van der Waals surface area (Å²) in [6, 6.07) is 29.9. The van der Waals surface area contributed by atoms with Crippen molar-refractivity contribution in [2.75, 3.05) is 13.2 Å². The Bertz CT molecular complexity index is 2650. The first-order chi connectivity index (χ1) is 29.8. The minimum atomic E-state index is -0.322. The van der Waals surface area contributed by atoms with Gasteiger partial charge in [0.25, 0.3) is 0 Å². The van der Waals surface area contributed by atoms with Crippen molar-refractivity contribution in [2.24, 2.45) is 11.8 Å². The molecule has 0 spiro atoms. The maximum absolute atomic E-state index is 14.0. The molecule has 1 N–H and O–H groups in total. The number of hydrogen-bond donors (Lipinski definition) is 1. The van der Waals surface area contributed by atoms with Crippen LogP contribution in [0, 0.1) is 11.8 Å². The lowest BCUT2D eigenvalue weighted by Gasteiger charge is -2.23. The second-order valence-corrected chi connectivity index (χ2v) is 17.7. The van der Waals surface area contributed by atoms with E-state index >= 15 is 0 Å². The van der Waals surface area contributed by atoms with Crippen LogP contribution in [0.3, 0.4) is 0 Å². The maximum atomic E-state index is 14.0. The molecule has 2 aliphatic rings. The molecule has 0 unspecified atom stereocenters. The van der Waals surface area contributed by atoms with E-state index in [-0.39, 0.29) is 22.7 Å². The standard InChI is InChI=1S/C52H46Cl4O6/c1-31(2)17-19-59-29-37-9-5-7-11-39(37)49-25-33(23-47(61-49)35-13-15-43(53)45(55)27-35)21-41-51(57)42(52(41)58)22-34-24-48(36-14-16-44(54)46(56)28-36)62-50(26-34)40-12-8-6-10-38(40)30-60-20-18-32(3)4/h5-16,21-28,31-32H,17-20,29-30H2,1-4H3/p+1. The van der Waals surface area contributed by atoms with Gasteiger partial charge in [0.1, 0.15) is 17.3 Å². The van der Waals surface area contributed by atoms with Gasteiger partial charge in [-0.3, -0.25) is 4.79 Å². The van der Waals surface area contributed by atoms with E-state index in [0.717, 1.165) is 35.1 Å². The number of aliphatic hydroxyl groups excluding tert-OH is 1. The van der Waals surface area contributed by atoms with E-state index in [4.69, 9.17) is 65.0 Å². The molecule has 6 nitrogen and oxygen atoms in total. The highest BCUT2D eigenvalue weighted by molar-refractivity contribution is 6.42. The molecule has 62 heavy (non-hydrogen) atoms. The molecule has 2 heterocycles. The van der Waals surface area contributed by atoms with Crippen LogP contribution in [0.15, 0.2) is 142 Å². The lowest BCUT2D eigenvalue weighted by molar-refractivity contribution is -0.113. The molecule has 1 aliphatic heterocycles. The van der Waals surface area contributed by atoms with E-state index in [1.807, 2.05) is 72.8 Å². The third-order valence-electron chi connectivity index (χ3n) is 10.4. The Hall–Kier alpha value is -4.92. The molecular weight excluding hydrogens is 862 g/mol. The molecule has 10 heteroatoms. The van der Waals surface area contributed by atoms with Gasteiger partial charge in [0.15, 0.2) is 0 Å². The molecule has 0 radical (unpaired) electrons. The zero-order valence-electron chi connectivity index (χ0n) is 34.9. The third-order valence-corrected chi connectivity index (χ3v) is 11.9. The summed E-state index contributed by atoms with van der Waals surface area (Å²) in [5.41, 5.74) is 6.51. The average molecular weight is 910 g/mol. The smallest absolute Gasteiger partial charge is 0.361 e. The molecule has 0 bridgehead atoms. The van der Waals surface area contributed by atoms with Crippen molar-refractivity contribution in [3.63, 3.8) is 0 Å². The minimum Gasteiger partial charge on any atom is -0.506 e. The average Bonchev–Trinajstić information content (AvgIpc) is 3.26. The van der Waals surface area contributed by atoms with E-state index in [2.05, 4.69) is 27.7 Å². The first-order valence-electron chi connectivity index (χ1n) is 20.6. The van der Waals surface area contributed by atoms with Gasteiger partial charge in [-0.2, -0.15) is 0 Å². The van der Waals surface area contributed by atoms with Crippen LogP contribution in [0.25, 0.3) is 40.2 Å². The van der Waals surface area contributed by atoms with Gasteiger partial charge in [0.05, 0.1) is 67.7 Å². The van der Waals surface area contributed by atoms with Gasteiger partial charge in [-0.25, -0.2) is 4.42 Å². The molecular formula is C52H47Cl4O6+. The molecule has 0 fully saturated rings. The Morgan fingerprint density at radius 3 is 1.81 bits per heavy atom. The van der Waals surface area contributed by atoms with Crippen LogP contribution in [-0.4, -0.2) is 24.1 Å². The normalized spacial score (nSPS) is 15.4. The highest BCUT2D eigenvalue weighted by Crippen LogP contribution is 2.40. The van der Waals surface area contributed by atoms with Crippen LogP contribution in [0.4, 0.5) is 0 Å². The Balaban J connectivity index is 1.27. The highest BCUT2D eigenvalue weighted by Gasteiger charge is 2.33. The molecule has 1 aliphatic carbocycles. The van der Waals surface area contributed by atoms with Gasteiger partial charge in [-0.15, -0.1) is 0 Å². The van der Waals surface area contributed by atoms with Crippen LogP contribution in [0.1, 0.15) is 68.4 Å². The van der Waals surface area contributed by atoms with Crippen LogP contribution in [0.2, 0.25) is 20.1 Å². The Labute approximate surface area is 383 Å². The Morgan fingerprint density at radius 2 is 1.19 bits per heavy atom. The fourth-order valence-corrected chi connectivity index (χ4v) is 7.47. The summed E-state index contributed by atoms with van der Waals surface area (Å²) in [5.74, 6) is 2.67. The van der Waals surface area contributed by atoms with Crippen molar-refractivity contribution in [1.82, 2.24) is 0 Å². The number of ketones is 1. The minimum absolute atomic E-state index is 0.134. The molecule has 0 saturated heterocycles. The third kappa shape index (κ3) is 11.0. The van der Waals surface area contributed by atoms with E-state index < -0.39 is 0 Å². The molecule has 318 valence electrons. The Morgan fingerprint density at radius 1 is 0.645 bits per heavy atom. The summed E-state index contributed by atoms with van der Waals surface area (Å²) < 4.78 is 25.2. The van der Waals surface area contributed by atoms with Crippen molar-refractivity contribution >= 4 is 69.8 Å². The zero-order valence-corrected chi connectivity index (χ0v) is 38.0. The first kappa shape index (κ1) is 45.1. The van der Waals surface area contributed by atoms with Crippen molar-refractivity contribution in [3.8, 4) is 22.6 Å². The molecule has 5 aromatic rings. The van der Waals surface area contributed by atoms with Crippen LogP contribution < -0.4 is 0 Å². The quantitative estimate of drug-likeness (QED) is 0.0604. The summed E-state index contributed by atoms with van der Waals surface area (Å²) in [5, 5.41) is 13.1.